The van der Waals surface area contributed by atoms with Crippen LogP contribution in [0.25, 0.3) is 0 Å². The summed E-state index contributed by atoms with van der Waals surface area (Å²) in [5, 5.41) is 3.08. The van der Waals surface area contributed by atoms with Crippen molar-refractivity contribution in [3.05, 3.63) is 47.9 Å². The van der Waals surface area contributed by atoms with Crippen LogP contribution in [0.1, 0.15) is 11.3 Å². The first kappa shape index (κ1) is 12.4. The summed E-state index contributed by atoms with van der Waals surface area (Å²) in [6.07, 6.45) is 1.61. The van der Waals surface area contributed by atoms with Gasteiger partial charge in [-0.1, -0.05) is 6.07 Å². The van der Waals surface area contributed by atoms with Crippen LogP contribution in [0.3, 0.4) is 0 Å². The number of hydrogen-bond donors (Lipinski definition) is 1. The summed E-state index contributed by atoms with van der Waals surface area (Å²) in [7, 11) is 0. The fraction of sp³-hybridized carbons (Fsp3) is 0.231. The zero-order chi connectivity index (χ0) is 13.0. The molecule has 18 heavy (non-hydrogen) atoms. The average Bonchev–Trinajstić information content (AvgIpc) is 2.72. The molecular formula is C13H13F2NO2. The van der Waals surface area contributed by atoms with Gasteiger partial charge in [0.25, 0.3) is 0 Å². The van der Waals surface area contributed by atoms with Gasteiger partial charge in [0.05, 0.1) is 12.8 Å². The lowest BCUT2D eigenvalue weighted by atomic mass is 10.2. The van der Waals surface area contributed by atoms with E-state index in [0.29, 0.717) is 12.2 Å². The summed E-state index contributed by atoms with van der Waals surface area (Å²) >= 11 is 0. The molecule has 3 nitrogen and oxygen atoms in total. The normalized spacial score (nSPS) is 10.7. The Bertz CT molecular complexity index is 511. The van der Waals surface area contributed by atoms with Gasteiger partial charge in [-0.3, -0.25) is 0 Å². The molecule has 0 radical (unpaired) electrons. The molecule has 0 fully saturated rings. The smallest absolute Gasteiger partial charge is 0.387 e. The van der Waals surface area contributed by atoms with E-state index in [4.69, 9.17) is 4.42 Å². The number of rotatable bonds is 5. The first-order valence-corrected chi connectivity index (χ1v) is 5.47. The second kappa shape index (κ2) is 5.53. The van der Waals surface area contributed by atoms with Crippen LogP contribution < -0.4 is 10.1 Å². The maximum Gasteiger partial charge on any atom is 0.387 e. The molecule has 96 valence electrons. The Balaban J connectivity index is 1.99. The molecule has 0 aliphatic rings. The molecule has 5 heteroatoms. The standard InChI is InChI=1S/C13H13F2NO2/c1-9-5-6-17-12(9)8-16-10-3-2-4-11(7-10)18-13(14)15/h2-7,13,16H,8H2,1H3. The molecule has 0 saturated carbocycles. The second-order valence-electron chi connectivity index (χ2n) is 3.79. The third kappa shape index (κ3) is 3.23. The number of furan rings is 1. The van der Waals surface area contributed by atoms with Crippen LogP contribution in [0.5, 0.6) is 5.75 Å². The van der Waals surface area contributed by atoms with E-state index in [1.807, 2.05) is 13.0 Å². The van der Waals surface area contributed by atoms with Crippen molar-refractivity contribution in [2.24, 2.45) is 0 Å². The predicted octanol–water partition coefficient (Wildman–Crippen LogP) is 3.80. The van der Waals surface area contributed by atoms with E-state index in [1.165, 1.54) is 12.1 Å². The lowest BCUT2D eigenvalue weighted by Gasteiger charge is -2.08. The quantitative estimate of drug-likeness (QED) is 0.880. The highest BCUT2D eigenvalue weighted by atomic mass is 19.3. The van der Waals surface area contributed by atoms with E-state index in [2.05, 4.69) is 10.1 Å². The lowest BCUT2D eigenvalue weighted by Crippen LogP contribution is -2.03. The van der Waals surface area contributed by atoms with Crippen LogP contribution >= 0.6 is 0 Å². The fourth-order valence-electron chi connectivity index (χ4n) is 1.55. The van der Waals surface area contributed by atoms with Gasteiger partial charge < -0.3 is 14.5 Å². The third-order valence-corrected chi connectivity index (χ3v) is 2.48. The molecule has 0 spiro atoms. The van der Waals surface area contributed by atoms with Gasteiger partial charge in [-0.05, 0) is 30.7 Å². The Morgan fingerprint density at radius 1 is 1.33 bits per heavy atom. The summed E-state index contributed by atoms with van der Waals surface area (Å²) in [6, 6.07) is 8.29. The first-order chi connectivity index (χ1) is 8.65. The van der Waals surface area contributed by atoms with Gasteiger partial charge in [-0.25, -0.2) is 0 Å². The van der Waals surface area contributed by atoms with Gasteiger partial charge >= 0.3 is 6.61 Å². The number of anilines is 1. The van der Waals surface area contributed by atoms with Crippen molar-refractivity contribution in [3.8, 4) is 5.75 Å². The van der Waals surface area contributed by atoms with Crippen LogP contribution in [-0.4, -0.2) is 6.61 Å². The molecule has 0 atom stereocenters. The summed E-state index contributed by atoms with van der Waals surface area (Å²) in [6.45, 7) is -0.374. The number of hydrogen-bond acceptors (Lipinski definition) is 3. The number of aryl methyl sites for hydroxylation is 1. The molecule has 0 amide bonds. The minimum Gasteiger partial charge on any atom is -0.467 e. The molecular weight excluding hydrogens is 240 g/mol. The average molecular weight is 253 g/mol. The van der Waals surface area contributed by atoms with Crippen LogP contribution in [0.15, 0.2) is 41.0 Å². The zero-order valence-electron chi connectivity index (χ0n) is 9.82. The number of halogens is 2. The molecule has 0 aliphatic carbocycles. The summed E-state index contributed by atoms with van der Waals surface area (Å²) < 4.78 is 33.7. The number of alkyl halides is 2. The minimum atomic E-state index is -2.81. The second-order valence-corrected chi connectivity index (χ2v) is 3.79. The van der Waals surface area contributed by atoms with E-state index in [9.17, 15) is 8.78 Å². The monoisotopic (exact) mass is 253 g/mol. The maximum atomic E-state index is 12.1. The summed E-state index contributed by atoms with van der Waals surface area (Å²) in [4.78, 5) is 0. The molecule has 0 saturated heterocycles. The van der Waals surface area contributed by atoms with Crippen molar-refractivity contribution in [1.29, 1.82) is 0 Å². The lowest BCUT2D eigenvalue weighted by molar-refractivity contribution is -0.0498. The van der Waals surface area contributed by atoms with Crippen LogP contribution in [-0.2, 0) is 6.54 Å². The Labute approximate surface area is 103 Å². The largest absolute Gasteiger partial charge is 0.467 e. The van der Waals surface area contributed by atoms with E-state index >= 15 is 0 Å². The SMILES string of the molecule is Cc1ccoc1CNc1cccc(OC(F)F)c1. The molecule has 0 bridgehead atoms. The third-order valence-electron chi connectivity index (χ3n) is 2.48. The van der Waals surface area contributed by atoms with Crippen molar-refractivity contribution < 1.29 is 17.9 Å². The Morgan fingerprint density at radius 3 is 2.83 bits per heavy atom. The highest BCUT2D eigenvalue weighted by Crippen LogP contribution is 2.20. The molecule has 0 aliphatic heterocycles. The first-order valence-electron chi connectivity index (χ1n) is 5.47. The van der Waals surface area contributed by atoms with Crippen LogP contribution in [0.2, 0.25) is 0 Å². The highest BCUT2D eigenvalue weighted by molar-refractivity contribution is 5.48. The van der Waals surface area contributed by atoms with E-state index in [1.54, 1.807) is 18.4 Å². The number of nitrogens with one attached hydrogen (secondary N) is 1. The fourth-order valence-corrected chi connectivity index (χ4v) is 1.55. The van der Waals surface area contributed by atoms with Gasteiger partial charge in [0.2, 0.25) is 0 Å². The van der Waals surface area contributed by atoms with Crippen molar-refractivity contribution in [2.75, 3.05) is 5.32 Å². The van der Waals surface area contributed by atoms with Gasteiger partial charge in [0.15, 0.2) is 0 Å². The van der Waals surface area contributed by atoms with Gasteiger partial charge in [0, 0.05) is 11.8 Å². The van der Waals surface area contributed by atoms with Crippen LogP contribution in [0, 0.1) is 6.92 Å². The van der Waals surface area contributed by atoms with Crippen molar-refractivity contribution in [3.63, 3.8) is 0 Å². The summed E-state index contributed by atoms with van der Waals surface area (Å²) in [5.74, 6) is 0.946. The van der Waals surface area contributed by atoms with Crippen molar-refractivity contribution >= 4 is 5.69 Å². The van der Waals surface area contributed by atoms with Crippen molar-refractivity contribution in [1.82, 2.24) is 0 Å². The van der Waals surface area contributed by atoms with Gasteiger partial charge in [0.1, 0.15) is 11.5 Å². The molecule has 0 unspecified atom stereocenters. The highest BCUT2D eigenvalue weighted by Gasteiger charge is 2.05. The Morgan fingerprint density at radius 2 is 2.17 bits per heavy atom. The Kier molecular flexibility index (Phi) is 3.82. The maximum absolute atomic E-state index is 12.1. The van der Waals surface area contributed by atoms with Crippen LogP contribution in [0.4, 0.5) is 14.5 Å². The topological polar surface area (TPSA) is 34.4 Å². The molecule has 1 heterocycles. The number of benzene rings is 1. The molecule has 1 aromatic carbocycles. The summed E-state index contributed by atoms with van der Waals surface area (Å²) in [5.41, 5.74) is 1.74. The molecule has 2 rings (SSSR count). The molecule has 1 N–H and O–H groups in total. The molecule has 2 aromatic rings. The minimum absolute atomic E-state index is 0.131. The number of ether oxygens (including phenoxy) is 1. The Hall–Kier alpha value is -2.04. The zero-order valence-corrected chi connectivity index (χ0v) is 9.82. The predicted molar refractivity (Wildman–Crippen MR) is 63.8 cm³/mol. The van der Waals surface area contributed by atoms with Gasteiger partial charge in [-0.2, -0.15) is 8.78 Å². The van der Waals surface area contributed by atoms with E-state index < -0.39 is 6.61 Å². The van der Waals surface area contributed by atoms with E-state index in [-0.39, 0.29) is 5.75 Å². The van der Waals surface area contributed by atoms with Gasteiger partial charge in [-0.15, -0.1) is 0 Å². The molecule has 1 aromatic heterocycles. The van der Waals surface area contributed by atoms with Crippen molar-refractivity contribution in [2.45, 2.75) is 20.1 Å². The van der Waals surface area contributed by atoms with E-state index in [0.717, 1.165) is 11.3 Å².